The zero-order chi connectivity index (χ0) is 11.7. The molecule has 0 bridgehead atoms. The predicted octanol–water partition coefficient (Wildman–Crippen LogP) is 4.87. The molecule has 2 aromatic rings. The molecule has 0 unspecified atom stereocenters. The number of aryl methyl sites for hydroxylation is 1. The Morgan fingerprint density at radius 1 is 1.19 bits per heavy atom. The average Bonchev–Trinajstić information content (AvgIpc) is 2.64. The number of anilines is 1. The van der Waals surface area contributed by atoms with Crippen LogP contribution in [-0.4, -0.2) is 0 Å². The van der Waals surface area contributed by atoms with Crippen molar-refractivity contribution in [3.63, 3.8) is 0 Å². The molecule has 1 aromatic heterocycles. The standard InChI is InChI=1S/C12H11Cl2NS/c1-2-8-6-9(12(15)16-8)7-3-4-10(13)11(14)5-7/h3-6H,2,15H2,1H3. The number of rotatable bonds is 2. The quantitative estimate of drug-likeness (QED) is 0.829. The summed E-state index contributed by atoms with van der Waals surface area (Å²) in [6.07, 6.45) is 0.996. The first-order chi connectivity index (χ1) is 7.61. The van der Waals surface area contributed by atoms with E-state index in [1.54, 1.807) is 17.4 Å². The van der Waals surface area contributed by atoms with Gasteiger partial charge in [0, 0.05) is 10.4 Å². The van der Waals surface area contributed by atoms with Crippen LogP contribution in [0, 0.1) is 0 Å². The van der Waals surface area contributed by atoms with E-state index in [4.69, 9.17) is 28.9 Å². The van der Waals surface area contributed by atoms with Crippen LogP contribution in [0.25, 0.3) is 11.1 Å². The number of hydrogen-bond acceptors (Lipinski definition) is 2. The van der Waals surface area contributed by atoms with E-state index in [9.17, 15) is 0 Å². The Morgan fingerprint density at radius 3 is 2.50 bits per heavy atom. The second kappa shape index (κ2) is 4.66. The largest absolute Gasteiger partial charge is 0.390 e. The first kappa shape index (κ1) is 11.8. The highest BCUT2D eigenvalue weighted by Gasteiger charge is 2.09. The summed E-state index contributed by atoms with van der Waals surface area (Å²) in [5.74, 6) is 0. The zero-order valence-electron chi connectivity index (χ0n) is 8.76. The molecule has 0 saturated carbocycles. The Kier molecular flexibility index (Phi) is 3.43. The second-order valence-electron chi connectivity index (χ2n) is 3.47. The summed E-state index contributed by atoms with van der Waals surface area (Å²) in [4.78, 5) is 1.28. The van der Waals surface area contributed by atoms with Gasteiger partial charge in [-0.15, -0.1) is 11.3 Å². The number of benzene rings is 1. The smallest absolute Gasteiger partial charge is 0.0938 e. The fourth-order valence-corrected chi connectivity index (χ4v) is 2.71. The van der Waals surface area contributed by atoms with Gasteiger partial charge in [0.2, 0.25) is 0 Å². The summed E-state index contributed by atoms with van der Waals surface area (Å²) < 4.78 is 0. The van der Waals surface area contributed by atoms with E-state index in [0.29, 0.717) is 10.0 Å². The van der Waals surface area contributed by atoms with Crippen LogP contribution < -0.4 is 5.73 Å². The molecule has 4 heteroatoms. The highest BCUT2D eigenvalue weighted by molar-refractivity contribution is 7.16. The topological polar surface area (TPSA) is 26.0 Å². The van der Waals surface area contributed by atoms with Crippen molar-refractivity contribution in [2.75, 3.05) is 5.73 Å². The molecule has 0 aliphatic heterocycles. The molecule has 0 spiro atoms. The molecule has 0 atom stereocenters. The fourth-order valence-electron chi connectivity index (χ4n) is 1.52. The van der Waals surface area contributed by atoms with Crippen LogP contribution in [0.1, 0.15) is 11.8 Å². The van der Waals surface area contributed by atoms with Crippen LogP contribution in [0.3, 0.4) is 0 Å². The first-order valence-corrected chi connectivity index (χ1v) is 6.52. The van der Waals surface area contributed by atoms with Gasteiger partial charge < -0.3 is 5.73 Å². The predicted molar refractivity (Wildman–Crippen MR) is 73.6 cm³/mol. The molecule has 0 aliphatic carbocycles. The molecule has 1 aromatic carbocycles. The highest BCUT2D eigenvalue weighted by atomic mass is 35.5. The maximum atomic E-state index is 5.99. The van der Waals surface area contributed by atoms with Crippen molar-refractivity contribution in [2.24, 2.45) is 0 Å². The molecular weight excluding hydrogens is 261 g/mol. The minimum Gasteiger partial charge on any atom is -0.390 e. The van der Waals surface area contributed by atoms with Gasteiger partial charge in [0.1, 0.15) is 0 Å². The third-order valence-corrected chi connectivity index (χ3v) is 4.24. The Hall–Kier alpha value is -0.700. The van der Waals surface area contributed by atoms with Crippen LogP contribution in [0.5, 0.6) is 0 Å². The molecule has 0 amide bonds. The van der Waals surface area contributed by atoms with E-state index in [1.807, 2.05) is 12.1 Å². The molecule has 0 radical (unpaired) electrons. The van der Waals surface area contributed by atoms with Crippen LogP contribution in [-0.2, 0) is 6.42 Å². The van der Waals surface area contributed by atoms with Crippen molar-refractivity contribution in [3.8, 4) is 11.1 Å². The lowest BCUT2D eigenvalue weighted by molar-refractivity contribution is 1.19. The summed E-state index contributed by atoms with van der Waals surface area (Å²) >= 11 is 13.5. The fraction of sp³-hybridized carbons (Fsp3) is 0.167. The van der Waals surface area contributed by atoms with Gasteiger partial charge in [-0.1, -0.05) is 36.2 Å². The third kappa shape index (κ3) is 2.19. The maximum Gasteiger partial charge on any atom is 0.0938 e. The first-order valence-electron chi connectivity index (χ1n) is 4.95. The maximum absolute atomic E-state index is 5.99. The third-order valence-electron chi connectivity index (χ3n) is 2.39. The second-order valence-corrected chi connectivity index (χ2v) is 5.46. The monoisotopic (exact) mass is 271 g/mol. The van der Waals surface area contributed by atoms with Gasteiger partial charge in [0.05, 0.1) is 15.0 Å². The molecule has 1 heterocycles. The van der Waals surface area contributed by atoms with E-state index in [-0.39, 0.29) is 0 Å². The van der Waals surface area contributed by atoms with Crippen LogP contribution >= 0.6 is 34.5 Å². The number of halogens is 2. The highest BCUT2D eigenvalue weighted by Crippen LogP contribution is 2.36. The Balaban J connectivity index is 2.49. The van der Waals surface area contributed by atoms with Crippen molar-refractivity contribution in [3.05, 3.63) is 39.2 Å². The molecule has 0 saturated heterocycles. The minimum absolute atomic E-state index is 0.558. The van der Waals surface area contributed by atoms with Crippen LogP contribution in [0.15, 0.2) is 24.3 Å². The average molecular weight is 272 g/mol. The van der Waals surface area contributed by atoms with Crippen LogP contribution in [0.4, 0.5) is 5.00 Å². The number of nitrogens with two attached hydrogens (primary N) is 1. The molecule has 0 fully saturated rings. The summed E-state index contributed by atoms with van der Waals surface area (Å²) in [6, 6.07) is 7.69. The number of hydrogen-bond donors (Lipinski definition) is 1. The van der Waals surface area contributed by atoms with Gasteiger partial charge in [0.25, 0.3) is 0 Å². The van der Waals surface area contributed by atoms with E-state index >= 15 is 0 Å². The molecule has 84 valence electrons. The molecule has 0 aliphatic rings. The van der Waals surface area contributed by atoms with Crippen molar-refractivity contribution in [1.82, 2.24) is 0 Å². The lowest BCUT2D eigenvalue weighted by Crippen LogP contribution is -1.83. The molecule has 2 N–H and O–H groups in total. The van der Waals surface area contributed by atoms with E-state index in [2.05, 4.69) is 13.0 Å². The Bertz CT molecular complexity index is 520. The van der Waals surface area contributed by atoms with Crippen molar-refractivity contribution < 1.29 is 0 Å². The molecule has 2 rings (SSSR count). The SMILES string of the molecule is CCc1cc(-c2ccc(Cl)c(Cl)c2)c(N)s1. The van der Waals surface area contributed by atoms with Crippen LogP contribution in [0.2, 0.25) is 10.0 Å². The van der Waals surface area contributed by atoms with Gasteiger partial charge in [0.15, 0.2) is 0 Å². The molecule has 1 nitrogen and oxygen atoms in total. The Labute approximate surface area is 109 Å². The lowest BCUT2D eigenvalue weighted by atomic mass is 10.1. The number of thiophene rings is 1. The van der Waals surface area contributed by atoms with Gasteiger partial charge in [-0.05, 0) is 30.2 Å². The minimum atomic E-state index is 0.558. The van der Waals surface area contributed by atoms with Crippen molar-refractivity contribution >= 4 is 39.5 Å². The summed E-state index contributed by atoms with van der Waals surface area (Å²) in [6.45, 7) is 2.11. The van der Waals surface area contributed by atoms with E-state index < -0.39 is 0 Å². The summed E-state index contributed by atoms with van der Waals surface area (Å²) in [7, 11) is 0. The van der Waals surface area contributed by atoms with Gasteiger partial charge in [-0.2, -0.15) is 0 Å². The number of nitrogen functional groups attached to an aromatic ring is 1. The van der Waals surface area contributed by atoms with Gasteiger partial charge in [-0.25, -0.2) is 0 Å². The van der Waals surface area contributed by atoms with Gasteiger partial charge in [-0.3, -0.25) is 0 Å². The normalized spacial score (nSPS) is 10.7. The molecule has 16 heavy (non-hydrogen) atoms. The van der Waals surface area contributed by atoms with Gasteiger partial charge >= 0.3 is 0 Å². The Morgan fingerprint density at radius 2 is 1.94 bits per heavy atom. The summed E-state index contributed by atoms with van der Waals surface area (Å²) in [5.41, 5.74) is 8.04. The van der Waals surface area contributed by atoms with E-state index in [0.717, 1.165) is 22.5 Å². The zero-order valence-corrected chi connectivity index (χ0v) is 11.1. The summed E-state index contributed by atoms with van der Waals surface area (Å²) in [5, 5.41) is 1.95. The van der Waals surface area contributed by atoms with E-state index in [1.165, 1.54) is 4.88 Å². The molecular formula is C12H11Cl2NS. The lowest BCUT2D eigenvalue weighted by Gasteiger charge is -2.02. The van der Waals surface area contributed by atoms with Crippen molar-refractivity contribution in [1.29, 1.82) is 0 Å². The van der Waals surface area contributed by atoms with Crippen molar-refractivity contribution in [2.45, 2.75) is 13.3 Å².